The molecule has 0 atom stereocenters. The molecule has 1 rings (SSSR count). The molecule has 0 saturated heterocycles. The molecular weight excluding hydrogens is 284 g/mol. The lowest BCUT2D eigenvalue weighted by Crippen LogP contribution is -2.03. The van der Waals surface area contributed by atoms with Gasteiger partial charge in [-0.05, 0) is 24.6 Å². The smallest absolute Gasteiger partial charge is 0.119 e. The summed E-state index contributed by atoms with van der Waals surface area (Å²) < 4.78 is 5.67. The van der Waals surface area contributed by atoms with Crippen molar-refractivity contribution in [3.63, 3.8) is 0 Å². The maximum Gasteiger partial charge on any atom is 0.119 e. The Balaban J connectivity index is 2.52. The Kier molecular flexibility index (Phi) is 4.09. The van der Waals surface area contributed by atoms with Gasteiger partial charge in [0.1, 0.15) is 16.1 Å². The standard InChI is InChI=1S/C9H10Br2O/c1-7-3-2-4-8(5-7)12-6-9(10)11/h2-5,9H,6H2,1H3. The van der Waals surface area contributed by atoms with E-state index in [0.717, 1.165) is 5.75 Å². The predicted octanol–water partition coefficient (Wildman–Crippen LogP) is 3.49. The van der Waals surface area contributed by atoms with Crippen LogP contribution in [0.5, 0.6) is 5.75 Å². The van der Waals surface area contributed by atoms with Crippen molar-refractivity contribution < 1.29 is 4.74 Å². The maximum atomic E-state index is 5.45. The fourth-order valence-corrected chi connectivity index (χ4v) is 1.13. The Morgan fingerprint density at radius 1 is 1.42 bits per heavy atom. The molecule has 0 fully saturated rings. The van der Waals surface area contributed by atoms with Crippen LogP contribution in [0.3, 0.4) is 0 Å². The average Bonchev–Trinajstić information content (AvgIpc) is 2.01. The van der Waals surface area contributed by atoms with Crippen LogP contribution in [-0.4, -0.2) is 10.3 Å². The van der Waals surface area contributed by atoms with Crippen molar-refractivity contribution in [1.82, 2.24) is 0 Å². The van der Waals surface area contributed by atoms with Crippen molar-refractivity contribution in [2.24, 2.45) is 0 Å². The molecule has 66 valence electrons. The monoisotopic (exact) mass is 292 g/mol. The summed E-state index contributed by atoms with van der Waals surface area (Å²) in [6.45, 7) is 2.68. The average molecular weight is 294 g/mol. The van der Waals surface area contributed by atoms with Gasteiger partial charge in [-0.15, -0.1) is 0 Å². The second kappa shape index (κ2) is 4.87. The van der Waals surface area contributed by atoms with Gasteiger partial charge in [-0.3, -0.25) is 0 Å². The zero-order valence-electron chi connectivity index (χ0n) is 6.76. The highest BCUT2D eigenvalue weighted by Gasteiger charge is 1.98. The van der Waals surface area contributed by atoms with E-state index in [1.54, 1.807) is 0 Å². The van der Waals surface area contributed by atoms with Crippen LogP contribution >= 0.6 is 31.9 Å². The fourth-order valence-electron chi connectivity index (χ4n) is 0.864. The zero-order chi connectivity index (χ0) is 8.97. The molecule has 0 aromatic heterocycles. The van der Waals surface area contributed by atoms with Crippen LogP contribution in [0.15, 0.2) is 24.3 Å². The molecule has 0 unspecified atom stereocenters. The third-order valence-corrected chi connectivity index (χ3v) is 1.89. The second-order valence-electron chi connectivity index (χ2n) is 2.52. The second-order valence-corrected chi connectivity index (χ2v) is 5.96. The summed E-state index contributed by atoms with van der Waals surface area (Å²) in [4.78, 5) is 0. The lowest BCUT2D eigenvalue weighted by Gasteiger charge is -2.06. The third-order valence-electron chi connectivity index (χ3n) is 1.37. The van der Waals surface area contributed by atoms with Crippen LogP contribution < -0.4 is 4.74 Å². The van der Waals surface area contributed by atoms with Gasteiger partial charge in [0.15, 0.2) is 0 Å². The van der Waals surface area contributed by atoms with Gasteiger partial charge in [0, 0.05) is 0 Å². The molecule has 0 radical (unpaired) electrons. The minimum atomic E-state index is 0.213. The molecule has 0 spiro atoms. The quantitative estimate of drug-likeness (QED) is 0.775. The number of hydrogen-bond donors (Lipinski definition) is 0. The number of ether oxygens (including phenoxy) is 1. The van der Waals surface area contributed by atoms with Crippen LogP contribution in [0.4, 0.5) is 0 Å². The third kappa shape index (κ3) is 3.59. The molecular formula is C9H10Br2O. The van der Waals surface area contributed by atoms with E-state index in [2.05, 4.69) is 31.9 Å². The number of alkyl halides is 2. The van der Waals surface area contributed by atoms with Crippen LogP contribution in [0.1, 0.15) is 5.56 Å². The number of benzene rings is 1. The van der Waals surface area contributed by atoms with E-state index in [1.165, 1.54) is 5.56 Å². The Morgan fingerprint density at radius 3 is 2.75 bits per heavy atom. The summed E-state index contributed by atoms with van der Waals surface area (Å²) in [7, 11) is 0. The van der Waals surface area contributed by atoms with Crippen LogP contribution in [-0.2, 0) is 0 Å². The molecule has 0 aliphatic heterocycles. The van der Waals surface area contributed by atoms with Crippen molar-refractivity contribution in [1.29, 1.82) is 0 Å². The molecule has 0 heterocycles. The van der Waals surface area contributed by atoms with Gasteiger partial charge in [0.05, 0.1) is 0 Å². The summed E-state index contributed by atoms with van der Waals surface area (Å²) in [5.74, 6) is 0.916. The number of aryl methyl sites for hydroxylation is 1. The molecule has 0 N–H and O–H groups in total. The lowest BCUT2D eigenvalue weighted by atomic mass is 10.2. The van der Waals surface area contributed by atoms with E-state index in [4.69, 9.17) is 4.74 Å². The van der Waals surface area contributed by atoms with E-state index in [-0.39, 0.29) is 3.74 Å². The van der Waals surface area contributed by atoms with E-state index < -0.39 is 0 Å². The van der Waals surface area contributed by atoms with Gasteiger partial charge in [-0.1, -0.05) is 44.0 Å². The highest BCUT2D eigenvalue weighted by Crippen LogP contribution is 2.15. The minimum Gasteiger partial charge on any atom is -0.492 e. The Labute approximate surface area is 89.4 Å². The first kappa shape index (κ1) is 10.1. The highest BCUT2D eigenvalue weighted by molar-refractivity contribution is 9.24. The van der Waals surface area contributed by atoms with Gasteiger partial charge in [-0.25, -0.2) is 0 Å². The molecule has 12 heavy (non-hydrogen) atoms. The topological polar surface area (TPSA) is 9.23 Å². The van der Waals surface area contributed by atoms with Gasteiger partial charge in [0.25, 0.3) is 0 Å². The van der Waals surface area contributed by atoms with Crippen molar-refractivity contribution >= 4 is 31.9 Å². The zero-order valence-corrected chi connectivity index (χ0v) is 9.93. The maximum absolute atomic E-state index is 5.45. The molecule has 1 aromatic carbocycles. The SMILES string of the molecule is Cc1cccc(OCC(Br)Br)c1. The Hall–Kier alpha value is -0.0200. The molecule has 0 aliphatic carbocycles. The molecule has 0 saturated carbocycles. The molecule has 1 aromatic rings. The molecule has 3 heteroatoms. The van der Waals surface area contributed by atoms with E-state index in [1.807, 2.05) is 31.2 Å². The van der Waals surface area contributed by atoms with Crippen LogP contribution in [0, 0.1) is 6.92 Å². The van der Waals surface area contributed by atoms with E-state index in [9.17, 15) is 0 Å². The van der Waals surface area contributed by atoms with Gasteiger partial charge < -0.3 is 4.74 Å². The van der Waals surface area contributed by atoms with E-state index >= 15 is 0 Å². The lowest BCUT2D eigenvalue weighted by molar-refractivity contribution is 0.340. The van der Waals surface area contributed by atoms with Crippen molar-refractivity contribution in [3.8, 4) is 5.75 Å². The summed E-state index contributed by atoms with van der Waals surface area (Å²) in [6, 6.07) is 8.01. The number of rotatable bonds is 3. The van der Waals surface area contributed by atoms with Crippen molar-refractivity contribution in [3.05, 3.63) is 29.8 Å². The summed E-state index contributed by atoms with van der Waals surface area (Å²) >= 11 is 6.68. The largest absolute Gasteiger partial charge is 0.492 e. The first-order chi connectivity index (χ1) is 5.68. The van der Waals surface area contributed by atoms with Crippen LogP contribution in [0.25, 0.3) is 0 Å². The summed E-state index contributed by atoms with van der Waals surface area (Å²) in [5.41, 5.74) is 1.22. The highest BCUT2D eigenvalue weighted by atomic mass is 79.9. The number of halogens is 2. The Morgan fingerprint density at radius 2 is 2.17 bits per heavy atom. The molecule has 1 nitrogen and oxygen atoms in total. The minimum absolute atomic E-state index is 0.213. The van der Waals surface area contributed by atoms with Gasteiger partial charge in [0.2, 0.25) is 0 Å². The molecule has 0 amide bonds. The van der Waals surface area contributed by atoms with Gasteiger partial charge >= 0.3 is 0 Å². The van der Waals surface area contributed by atoms with Crippen molar-refractivity contribution in [2.75, 3.05) is 6.61 Å². The predicted molar refractivity (Wildman–Crippen MR) is 58.3 cm³/mol. The normalized spacial score (nSPS) is 10.3. The van der Waals surface area contributed by atoms with Crippen LogP contribution in [0.2, 0.25) is 0 Å². The molecule has 0 aliphatic rings. The summed E-state index contributed by atoms with van der Waals surface area (Å²) in [5, 5.41) is 0. The van der Waals surface area contributed by atoms with E-state index in [0.29, 0.717) is 6.61 Å². The van der Waals surface area contributed by atoms with Gasteiger partial charge in [-0.2, -0.15) is 0 Å². The Bertz CT molecular complexity index is 248. The number of hydrogen-bond acceptors (Lipinski definition) is 1. The first-order valence-electron chi connectivity index (χ1n) is 3.66. The fraction of sp³-hybridized carbons (Fsp3) is 0.333. The molecule has 0 bridgehead atoms. The first-order valence-corrected chi connectivity index (χ1v) is 5.49. The summed E-state index contributed by atoms with van der Waals surface area (Å²) in [6.07, 6.45) is 0. The van der Waals surface area contributed by atoms with Crippen molar-refractivity contribution in [2.45, 2.75) is 10.7 Å².